The second-order valence-electron chi connectivity index (χ2n) is 19.8. The molecule has 388 valence electrons. The van der Waals surface area contributed by atoms with Crippen LogP contribution < -0.4 is 14.8 Å². The summed E-state index contributed by atoms with van der Waals surface area (Å²) in [4.78, 5) is 36.1. The molecule has 4 aromatic rings. The first-order chi connectivity index (χ1) is 35.3. The number of carbonyl (C=O) groups excluding carboxylic acids is 2. The molecule has 0 bridgehead atoms. The molecule has 0 spiro atoms. The first-order valence-electron chi connectivity index (χ1n) is 26.9. The van der Waals surface area contributed by atoms with E-state index < -0.39 is 29.9 Å². The maximum absolute atomic E-state index is 14.6. The predicted octanol–water partition coefficient (Wildman–Crippen LogP) is 13.0. The number of aliphatic hydroxyl groups excluding tert-OH is 2. The molecule has 0 radical (unpaired) electrons. The van der Waals surface area contributed by atoms with Gasteiger partial charge in [-0.2, -0.15) is 0 Å². The van der Waals surface area contributed by atoms with Crippen LogP contribution in [-0.4, -0.2) is 78.3 Å². The quantitative estimate of drug-likeness (QED) is 0.0275. The molecule has 3 N–H and O–H groups in total. The molecule has 1 aliphatic heterocycles. The van der Waals surface area contributed by atoms with Gasteiger partial charge in [-0.05, 0) is 89.6 Å². The van der Waals surface area contributed by atoms with Crippen LogP contribution in [0.5, 0.6) is 11.5 Å². The van der Waals surface area contributed by atoms with Gasteiger partial charge in [-0.1, -0.05) is 168 Å². The average Bonchev–Trinajstić information content (AvgIpc) is 3.40. The highest BCUT2D eigenvalue weighted by Gasteiger charge is 2.65. The Balaban J connectivity index is 1.29. The summed E-state index contributed by atoms with van der Waals surface area (Å²) in [5, 5.41) is 30.1. The maximum Gasteiger partial charge on any atom is 0.412 e. The Kier molecular flexibility index (Phi) is 21.0. The number of allylic oxidation sites excluding steroid dienone is 1. The summed E-state index contributed by atoms with van der Waals surface area (Å²) in [7, 11) is 1.39. The summed E-state index contributed by atoms with van der Waals surface area (Å²) in [6.07, 6.45) is 19.6. The van der Waals surface area contributed by atoms with Crippen LogP contribution in [0.15, 0.2) is 120 Å². The van der Waals surface area contributed by atoms with Crippen molar-refractivity contribution < 1.29 is 43.6 Å². The highest BCUT2D eigenvalue weighted by Crippen LogP contribution is 2.62. The highest BCUT2D eigenvalue weighted by atomic mass is 16.7. The van der Waals surface area contributed by atoms with Gasteiger partial charge in [-0.25, -0.2) is 9.59 Å². The van der Waals surface area contributed by atoms with Gasteiger partial charge < -0.3 is 39.3 Å². The van der Waals surface area contributed by atoms with Gasteiger partial charge in [0.1, 0.15) is 24.1 Å². The van der Waals surface area contributed by atoms with Crippen molar-refractivity contribution in [2.75, 3.05) is 33.5 Å². The van der Waals surface area contributed by atoms with Crippen molar-refractivity contribution in [3.63, 3.8) is 0 Å². The van der Waals surface area contributed by atoms with Crippen LogP contribution in [0.25, 0.3) is 10.8 Å². The standard InChI is InChI=1S/C60H79N3O9/c1-4-6-7-8-9-10-11-12-13-21-35-61-58(66)71-48-33-34-54-52(40-48)56-50(32-20-23-37-65)46(28-19-22-36-64)39-51-53(62-70-43-44-25-15-14-16-26-44)41-55(60(72-54,57(51)56)69-38-5-2)63(59(67)68-3)42-47-30-24-29-45-27-17-18-31-49(45)47/h5,14-18,24-27,29-31,33-34,39-40,46,50,55-57,64-65H,2,4,6-13,19-23,28,32,35-38,41-43H2,1,3H3,(H,61,66)/t46-,50+,55-,56+,57+,60+/m0/s1. The van der Waals surface area contributed by atoms with Crippen LogP contribution in [0.3, 0.4) is 0 Å². The van der Waals surface area contributed by atoms with Gasteiger partial charge >= 0.3 is 12.2 Å². The molecule has 0 aromatic heterocycles. The fraction of sp³-hybridized carbons (Fsp3) is 0.517. The lowest BCUT2D eigenvalue weighted by atomic mass is 9.55. The van der Waals surface area contributed by atoms with E-state index in [1.807, 2.05) is 66.7 Å². The van der Waals surface area contributed by atoms with E-state index in [-0.39, 0.29) is 57.1 Å². The minimum absolute atomic E-state index is 0.0198. The molecular formula is C60H79N3O9. The number of fused-ring (bicyclic) bond motifs is 3. The molecule has 12 heteroatoms. The Morgan fingerprint density at radius 2 is 1.56 bits per heavy atom. The molecule has 3 aliphatic rings. The zero-order chi connectivity index (χ0) is 50.5. The van der Waals surface area contributed by atoms with Crippen LogP contribution in [0, 0.1) is 17.8 Å². The minimum Gasteiger partial charge on any atom is -0.459 e. The highest BCUT2D eigenvalue weighted by molar-refractivity contribution is 6.03. The summed E-state index contributed by atoms with van der Waals surface area (Å²) >= 11 is 0. The van der Waals surface area contributed by atoms with E-state index in [4.69, 9.17) is 28.9 Å². The molecule has 4 aromatic carbocycles. The molecule has 2 amide bonds. The van der Waals surface area contributed by atoms with Crippen molar-refractivity contribution >= 4 is 28.7 Å². The van der Waals surface area contributed by atoms with Crippen LogP contribution in [-0.2, 0) is 27.5 Å². The normalized spacial score (nSPS) is 21.5. The third kappa shape index (κ3) is 13.7. The number of benzene rings is 4. The van der Waals surface area contributed by atoms with E-state index in [0.29, 0.717) is 36.6 Å². The Morgan fingerprint density at radius 3 is 2.29 bits per heavy atom. The third-order valence-electron chi connectivity index (χ3n) is 14.9. The summed E-state index contributed by atoms with van der Waals surface area (Å²) in [5.74, 6) is -1.43. The number of ether oxygens (including phenoxy) is 4. The molecule has 0 saturated heterocycles. The van der Waals surface area contributed by atoms with E-state index in [1.165, 1.54) is 52.1 Å². The predicted molar refractivity (Wildman–Crippen MR) is 284 cm³/mol. The van der Waals surface area contributed by atoms with E-state index in [9.17, 15) is 19.8 Å². The second-order valence-corrected chi connectivity index (χ2v) is 19.8. The van der Waals surface area contributed by atoms with Gasteiger partial charge in [0.15, 0.2) is 0 Å². The summed E-state index contributed by atoms with van der Waals surface area (Å²) in [6, 6.07) is 28.8. The summed E-state index contributed by atoms with van der Waals surface area (Å²) < 4.78 is 26.3. The van der Waals surface area contributed by atoms with Gasteiger partial charge in [0.05, 0.1) is 31.9 Å². The van der Waals surface area contributed by atoms with Gasteiger partial charge in [0, 0.05) is 37.7 Å². The van der Waals surface area contributed by atoms with Gasteiger partial charge in [0.2, 0.25) is 5.79 Å². The van der Waals surface area contributed by atoms with Crippen molar-refractivity contribution in [3.8, 4) is 11.5 Å². The first-order valence-corrected chi connectivity index (χ1v) is 26.9. The van der Waals surface area contributed by atoms with Gasteiger partial charge in [0.25, 0.3) is 0 Å². The zero-order valence-electron chi connectivity index (χ0n) is 42.8. The number of hydrogen-bond donors (Lipinski definition) is 3. The molecule has 1 fully saturated rings. The van der Waals surface area contributed by atoms with Crippen LogP contribution in [0.4, 0.5) is 9.59 Å². The summed E-state index contributed by atoms with van der Waals surface area (Å²) in [6.45, 7) is 7.51. The van der Waals surface area contributed by atoms with E-state index in [1.54, 1.807) is 17.0 Å². The Hall–Kier alpha value is -5.69. The fourth-order valence-corrected chi connectivity index (χ4v) is 11.4. The topological polar surface area (TPSA) is 148 Å². The van der Waals surface area contributed by atoms with Crippen molar-refractivity contribution in [2.45, 2.75) is 147 Å². The number of methoxy groups -OCH3 is 1. The number of aliphatic hydroxyl groups is 2. The van der Waals surface area contributed by atoms with Crippen LogP contribution >= 0.6 is 0 Å². The molecule has 7 rings (SSSR count). The smallest absolute Gasteiger partial charge is 0.412 e. The molecule has 2 aliphatic carbocycles. The number of nitrogens with one attached hydrogen (secondary N) is 1. The number of hydrogen-bond acceptors (Lipinski definition) is 10. The zero-order valence-corrected chi connectivity index (χ0v) is 42.8. The number of carbonyl (C=O) groups is 2. The summed E-state index contributed by atoms with van der Waals surface area (Å²) in [5.41, 5.74) is 4.31. The molecule has 0 unspecified atom stereocenters. The number of unbranched alkanes of at least 4 members (excludes halogenated alkanes) is 11. The maximum atomic E-state index is 14.6. The first kappa shape index (κ1) is 54.1. The number of nitrogens with zero attached hydrogens (tertiary/aromatic N) is 2. The number of oxime groups is 1. The third-order valence-corrected chi connectivity index (χ3v) is 14.9. The lowest BCUT2D eigenvalue weighted by Crippen LogP contribution is -2.70. The van der Waals surface area contributed by atoms with Crippen molar-refractivity contribution in [2.24, 2.45) is 22.9 Å². The number of amides is 2. The fourth-order valence-electron chi connectivity index (χ4n) is 11.4. The molecule has 6 atom stereocenters. The van der Waals surface area contributed by atoms with E-state index in [2.05, 4.69) is 43.1 Å². The molecule has 1 heterocycles. The SMILES string of the molecule is C=CCO[C@@]12Oc3ccc(OC(=O)NCCCCCCCCCCCC)cc3[C@H]3[C@H](CCCCO)[C@@H](CCCCO)C=C(C(=NOCc4ccccc4)C[C@@H]1N(Cc1cccc4ccccc14)C(=O)OC)[C@H]32. The Bertz CT molecular complexity index is 2400. The minimum atomic E-state index is -1.50. The Labute approximate surface area is 427 Å². The molecule has 12 nitrogen and oxygen atoms in total. The van der Waals surface area contributed by atoms with Crippen molar-refractivity contribution in [1.82, 2.24) is 10.2 Å². The Morgan fingerprint density at radius 1 is 0.847 bits per heavy atom. The largest absolute Gasteiger partial charge is 0.459 e. The van der Waals surface area contributed by atoms with Crippen LogP contribution in [0.1, 0.15) is 139 Å². The molecular weight excluding hydrogens is 907 g/mol. The molecule has 1 saturated carbocycles. The monoisotopic (exact) mass is 986 g/mol. The average molecular weight is 986 g/mol. The lowest BCUT2D eigenvalue weighted by molar-refractivity contribution is -0.256. The van der Waals surface area contributed by atoms with E-state index >= 15 is 0 Å². The van der Waals surface area contributed by atoms with Crippen LogP contribution in [0.2, 0.25) is 0 Å². The van der Waals surface area contributed by atoms with Gasteiger partial charge in [-0.15, -0.1) is 6.58 Å². The van der Waals surface area contributed by atoms with Gasteiger partial charge in [-0.3, -0.25) is 4.90 Å². The van der Waals surface area contributed by atoms with Crippen molar-refractivity contribution in [1.29, 1.82) is 0 Å². The van der Waals surface area contributed by atoms with Crippen molar-refractivity contribution in [3.05, 3.63) is 132 Å². The van der Waals surface area contributed by atoms with E-state index in [0.717, 1.165) is 78.0 Å². The second kappa shape index (κ2) is 27.9. The number of rotatable bonds is 29. The lowest BCUT2D eigenvalue weighted by Gasteiger charge is -2.59. The molecule has 72 heavy (non-hydrogen) atoms.